The van der Waals surface area contributed by atoms with Gasteiger partial charge < -0.3 is 4.74 Å². The highest BCUT2D eigenvalue weighted by Gasteiger charge is 2.80. The van der Waals surface area contributed by atoms with Gasteiger partial charge in [0.1, 0.15) is 0 Å². The molecule has 0 saturated carbocycles. The van der Waals surface area contributed by atoms with Gasteiger partial charge in [0.15, 0.2) is 6.61 Å². The second-order valence-corrected chi connectivity index (χ2v) is 4.30. The van der Waals surface area contributed by atoms with E-state index in [-0.39, 0.29) is 6.08 Å². The number of alkyl halides is 13. The Morgan fingerprint density at radius 3 is 1.52 bits per heavy atom. The van der Waals surface area contributed by atoms with Gasteiger partial charge in [-0.05, 0) is 0 Å². The first-order chi connectivity index (χ1) is 11.6. The van der Waals surface area contributed by atoms with E-state index in [1.807, 2.05) is 0 Å². The van der Waals surface area contributed by atoms with Crippen molar-refractivity contribution in [2.75, 3.05) is 6.61 Å². The summed E-state index contributed by atoms with van der Waals surface area (Å²) in [5, 5.41) is 0. The number of hydrogen-bond acceptors (Lipinski definition) is 4. The minimum Gasteiger partial charge on any atom is -0.456 e. The standard InChI is InChI=1S/C10H5F13O4/c1-2-4(24)25-3-5(11,7(13,14)15)26-9(19,20)6(12,8(16,17)18)27-10(21,22)23/h2H,1,3H2. The van der Waals surface area contributed by atoms with Crippen LogP contribution in [0.3, 0.4) is 0 Å². The number of esters is 1. The Hall–Kier alpha value is -1.78. The van der Waals surface area contributed by atoms with Crippen LogP contribution in [0.1, 0.15) is 0 Å². The summed E-state index contributed by atoms with van der Waals surface area (Å²) in [5.74, 6) is -15.3. The van der Waals surface area contributed by atoms with Gasteiger partial charge in [-0.15, -0.1) is 13.2 Å². The molecule has 4 nitrogen and oxygen atoms in total. The van der Waals surface area contributed by atoms with E-state index in [2.05, 4.69) is 16.1 Å². The maximum atomic E-state index is 13.6. The maximum Gasteiger partial charge on any atom is 0.525 e. The average molecular weight is 436 g/mol. The van der Waals surface area contributed by atoms with Crippen molar-refractivity contribution in [3.8, 4) is 0 Å². The molecule has 2 atom stereocenters. The van der Waals surface area contributed by atoms with Gasteiger partial charge in [-0.1, -0.05) is 6.58 Å². The van der Waals surface area contributed by atoms with Gasteiger partial charge >= 0.3 is 42.5 Å². The molecule has 0 aromatic heterocycles. The van der Waals surface area contributed by atoms with Crippen LogP contribution < -0.4 is 0 Å². The van der Waals surface area contributed by atoms with Gasteiger partial charge in [-0.25, -0.2) is 9.53 Å². The van der Waals surface area contributed by atoms with E-state index in [9.17, 15) is 61.9 Å². The van der Waals surface area contributed by atoms with Crippen LogP contribution in [-0.4, -0.2) is 49.1 Å². The minimum absolute atomic E-state index is 0.0524. The topological polar surface area (TPSA) is 44.8 Å². The molecule has 0 heterocycles. The van der Waals surface area contributed by atoms with Crippen molar-refractivity contribution in [3.63, 3.8) is 0 Å². The molecule has 0 aliphatic rings. The van der Waals surface area contributed by atoms with Gasteiger partial charge in [-0.2, -0.15) is 43.9 Å². The van der Waals surface area contributed by atoms with Crippen LogP contribution in [-0.2, 0) is 19.0 Å². The molecule has 0 aromatic rings. The first kappa shape index (κ1) is 25.2. The number of halogens is 13. The molecule has 0 amide bonds. The summed E-state index contributed by atoms with van der Waals surface area (Å²) in [6.07, 6.45) is -28.1. The molecule has 0 fully saturated rings. The largest absolute Gasteiger partial charge is 0.525 e. The summed E-state index contributed by atoms with van der Waals surface area (Å²) in [6.45, 7) is -0.359. The van der Waals surface area contributed by atoms with Crippen LogP contribution in [0.15, 0.2) is 12.7 Å². The summed E-state index contributed by atoms with van der Waals surface area (Å²) in [4.78, 5) is 10.5. The van der Waals surface area contributed by atoms with Gasteiger partial charge in [0.05, 0.1) is 0 Å². The highest BCUT2D eigenvalue weighted by Crippen LogP contribution is 2.52. The van der Waals surface area contributed by atoms with Crippen LogP contribution in [0.4, 0.5) is 57.1 Å². The zero-order valence-electron chi connectivity index (χ0n) is 12.0. The molecular formula is C10H5F13O4. The van der Waals surface area contributed by atoms with Crippen LogP contribution in [0, 0.1) is 0 Å². The second kappa shape index (κ2) is 7.33. The number of rotatable bonds is 7. The Morgan fingerprint density at radius 2 is 1.22 bits per heavy atom. The normalized spacial score (nSPS) is 18.4. The van der Waals surface area contributed by atoms with E-state index < -0.39 is 49.1 Å². The molecule has 0 aromatic carbocycles. The van der Waals surface area contributed by atoms with Gasteiger partial charge in [0.25, 0.3) is 0 Å². The molecular weight excluding hydrogens is 431 g/mol. The molecule has 0 radical (unpaired) electrons. The molecule has 2 unspecified atom stereocenters. The Morgan fingerprint density at radius 1 is 0.778 bits per heavy atom. The molecule has 0 rings (SSSR count). The number of hydrogen-bond donors (Lipinski definition) is 0. The van der Waals surface area contributed by atoms with E-state index in [4.69, 9.17) is 0 Å². The molecule has 0 aliphatic carbocycles. The van der Waals surface area contributed by atoms with E-state index in [1.54, 1.807) is 0 Å². The van der Waals surface area contributed by atoms with Crippen LogP contribution >= 0.6 is 0 Å². The number of carbonyl (C=O) groups is 1. The van der Waals surface area contributed by atoms with Crippen LogP contribution in [0.5, 0.6) is 0 Å². The Kier molecular flexibility index (Phi) is 6.84. The third kappa shape index (κ3) is 5.85. The lowest BCUT2D eigenvalue weighted by molar-refractivity contribution is -0.544. The second-order valence-electron chi connectivity index (χ2n) is 4.30. The summed E-state index contributed by atoms with van der Waals surface area (Å²) in [7, 11) is 0. The minimum atomic E-state index is -7.36. The highest BCUT2D eigenvalue weighted by atomic mass is 19.4. The van der Waals surface area contributed by atoms with E-state index in [0.717, 1.165) is 0 Å². The summed E-state index contributed by atoms with van der Waals surface area (Å²) >= 11 is 0. The Labute approximate surface area is 139 Å². The lowest BCUT2D eigenvalue weighted by atomic mass is 10.2. The average Bonchev–Trinajstić information content (AvgIpc) is 2.39. The predicted molar refractivity (Wildman–Crippen MR) is 54.1 cm³/mol. The predicted octanol–water partition coefficient (Wildman–Crippen LogP) is 4.32. The number of ether oxygens (including phenoxy) is 3. The van der Waals surface area contributed by atoms with Crippen molar-refractivity contribution in [1.29, 1.82) is 0 Å². The molecule has 0 spiro atoms. The van der Waals surface area contributed by atoms with Crippen molar-refractivity contribution in [3.05, 3.63) is 12.7 Å². The Balaban J connectivity index is 6.09. The van der Waals surface area contributed by atoms with Crippen molar-refractivity contribution in [1.82, 2.24) is 0 Å². The maximum absolute atomic E-state index is 13.6. The van der Waals surface area contributed by atoms with Gasteiger partial charge in [-0.3, -0.25) is 4.74 Å². The molecule has 0 saturated heterocycles. The first-order valence-corrected chi connectivity index (χ1v) is 5.77. The monoisotopic (exact) mass is 436 g/mol. The fourth-order valence-electron chi connectivity index (χ4n) is 1.10. The molecule has 0 N–H and O–H groups in total. The summed E-state index contributed by atoms with van der Waals surface area (Å²) < 4.78 is 170. The van der Waals surface area contributed by atoms with E-state index in [0.29, 0.717) is 0 Å². The third-order valence-corrected chi connectivity index (χ3v) is 2.28. The van der Waals surface area contributed by atoms with Crippen LogP contribution in [0.2, 0.25) is 0 Å². The smallest absolute Gasteiger partial charge is 0.456 e. The van der Waals surface area contributed by atoms with Crippen molar-refractivity contribution in [2.45, 2.75) is 36.5 Å². The first-order valence-electron chi connectivity index (χ1n) is 5.77. The Bertz CT molecular complexity index is 551. The van der Waals surface area contributed by atoms with Crippen molar-refractivity contribution >= 4 is 5.97 Å². The molecule has 0 bridgehead atoms. The van der Waals surface area contributed by atoms with Crippen molar-refractivity contribution in [2.24, 2.45) is 0 Å². The summed E-state index contributed by atoms with van der Waals surface area (Å²) in [5.41, 5.74) is 0. The molecule has 160 valence electrons. The lowest BCUT2D eigenvalue weighted by Gasteiger charge is -2.37. The van der Waals surface area contributed by atoms with E-state index in [1.165, 1.54) is 4.74 Å². The fourth-order valence-corrected chi connectivity index (χ4v) is 1.10. The van der Waals surface area contributed by atoms with Gasteiger partial charge in [0, 0.05) is 6.08 Å². The molecule has 27 heavy (non-hydrogen) atoms. The molecule has 0 aliphatic heterocycles. The zero-order valence-corrected chi connectivity index (χ0v) is 12.0. The SMILES string of the molecule is C=CC(=O)OCC(F)(OC(F)(F)C(F)(OC(F)(F)F)C(F)(F)F)C(F)(F)F. The van der Waals surface area contributed by atoms with Crippen LogP contribution in [0.25, 0.3) is 0 Å². The van der Waals surface area contributed by atoms with Gasteiger partial charge in [0.2, 0.25) is 0 Å². The highest BCUT2D eigenvalue weighted by molar-refractivity contribution is 5.81. The molecule has 17 heteroatoms. The van der Waals surface area contributed by atoms with E-state index >= 15 is 0 Å². The zero-order chi connectivity index (χ0) is 22.1. The lowest BCUT2D eigenvalue weighted by Crippen LogP contribution is -2.64. The quantitative estimate of drug-likeness (QED) is 0.339. The third-order valence-electron chi connectivity index (χ3n) is 2.28. The number of carbonyl (C=O) groups excluding carboxylic acids is 1. The summed E-state index contributed by atoms with van der Waals surface area (Å²) in [6, 6.07) is 0. The van der Waals surface area contributed by atoms with Crippen molar-refractivity contribution < 1.29 is 76.1 Å². The fraction of sp³-hybridized carbons (Fsp3) is 0.700.